The number of hydrogen-bond donors (Lipinski definition) is 3. The zero-order valence-corrected chi connectivity index (χ0v) is 15.4. The Morgan fingerprint density at radius 3 is 2.59 bits per heavy atom. The van der Waals surface area contributed by atoms with Crippen LogP contribution >= 0.6 is 0 Å². The van der Waals surface area contributed by atoms with Gasteiger partial charge in [-0.2, -0.15) is 15.4 Å². The fourth-order valence-electron chi connectivity index (χ4n) is 4.46. The number of rotatable bonds is 4. The number of fused-ring (bicyclic) bond motifs is 2. The van der Waals surface area contributed by atoms with Crippen molar-refractivity contribution in [2.45, 2.75) is 37.8 Å². The van der Waals surface area contributed by atoms with E-state index in [1.165, 1.54) is 0 Å². The Bertz CT molecular complexity index is 854. The molecular weight excluding hydrogens is 344 g/mol. The lowest BCUT2D eigenvalue weighted by molar-refractivity contribution is -0.137. The van der Waals surface area contributed by atoms with Gasteiger partial charge in [0.2, 0.25) is 5.91 Å². The first-order valence-electron chi connectivity index (χ1n) is 9.58. The van der Waals surface area contributed by atoms with Crippen molar-refractivity contribution >= 4 is 11.7 Å². The number of aromatic amines is 1. The van der Waals surface area contributed by atoms with Crippen LogP contribution in [0, 0.1) is 11.3 Å². The van der Waals surface area contributed by atoms with E-state index in [0.29, 0.717) is 11.7 Å². The van der Waals surface area contributed by atoms with Crippen molar-refractivity contribution in [2.75, 3.05) is 25.6 Å². The first-order chi connectivity index (χ1) is 13.2. The molecule has 1 saturated carbocycles. The van der Waals surface area contributed by atoms with Crippen molar-refractivity contribution in [2.24, 2.45) is 5.92 Å². The van der Waals surface area contributed by atoms with Crippen LogP contribution in [0.1, 0.15) is 31.4 Å². The summed E-state index contributed by atoms with van der Waals surface area (Å²) in [6.45, 7) is 1.48. The summed E-state index contributed by atoms with van der Waals surface area (Å²) >= 11 is 0. The van der Waals surface area contributed by atoms with E-state index < -0.39 is 0 Å². The number of aromatic nitrogens is 4. The number of likely N-dealkylation sites (tertiary alicyclic amines) is 1. The van der Waals surface area contributed by atoms with Gasteiger partial charge in [0, 0.05) is 49.9 Å². The average molecular weight is 368 g/mol. The van der Waals surface area contributed by atoms with E-state index in [2.05, 4.69) is 30.6 Å². The van der Waals surface area contributed by atoms with Crippen LogP contribution in [-0.4, -0.2) is 73.9 Å². The molecule has 2 saturated heterocycles. The highest BCUT2D eigenvalue weighted by molar-refractivity contribution is 5.96. The molecule has 4 heterocycles. The third kappa shape index (κ3) is 2.68. The zero-order chi connectivity index (χ0) is 18.5. The zero-order valence-electron chi connectivity index (χ0n) is 15.4. The number of H-pyrrole nitrogens is 1. The predicted octanol–water partition coefficient (Wildman–Crippen LogP) is 0.857. The Balaban J connectivity index is 1.37. The van der Waals surface area contributed by atoms with Gasteiger partial charge in [-0.1, -0.05) is 0 Å². The predicted molar refractivity (Wildman–Crippen MR) is 99.9 cm³/mol. The summed E-state index contributed by atoms with van der Waals surface area (Å²) < 4.78 is 1.84. The number of amidine groups is 1. The monoisotopic (exact) mass is 368 g/mol. The molecule has 3 fully saturated rings. The minimum absolute atomic E-state index is 0.241. The number of nitrogens with one attached hydrogen (secondary N) is 3. The topological polar surface area (TPSA) is 106 Å². The lowest BCUT2D eigenvalue weighted by Gasteiger charge is -2.42. The van der Waals surface area contributed by atoms with Crippen LogP contribution in [0.5, 0.6) is 0 Å². The SMILES string of the molecule is CNn1cc(-c2cn[nH]n2)cc1C(=N)N1CC2CCC(C1)N2C(=O)C1CC1. The van der Waals surface area contributed by atoms with Gasteiger partial charge in [-0.05, 0) is 31.7 Å². The van der Waals surface area contributed by atoms with Crippen molar-refractivity contribution < 1.29 is 4.79 Å². The Morgan fingerprint density at radius 2 is 2.00 bits per heavy atom. The van der Waals surface area contributed by atoms with Gasteiger partial charge < -0.3 is 15.2 Å². The van der Waals surface area contributed by atoms with Crippen molar-refractivity contribution in [3.8, 4) is 11.3 Å². The van der Waals surface area contributed by atoms with E-state index in [1.54, 1.807) is 6.20 Å². The second-order valence-electron chi connectivity index (χ2n) is 7.72. The van der Waals surface area contributed by atoms with E-state index in [4.69, 9.17) is 5.41 Å². The Labute approximate surface area is 157 Å². The second kappa shape index (κ2) is 6.11. The molecule has 0 radical (unpaired) electrons. The molecule has 2 bridgehead atoms. The molecule has 2 atom stereocenters. The molecule has 142 valence electrons. The van der Waals surface area contributed by atoms with Gasteiger partial charge in [0.05, 0.1) is 6.20 Å². The number of nitrogens with zero attached hydrogens (tertiary/aromatic N) is 5. The standard InChI is InChI=1S/C18H24N8O/c1-20-25-8-12(15-7-21-23-22-15)6-16(25)17(19)24-9-13-4-5-14(10-24)26(13)18(27)11-2-3-11/h6-8,11,13-14,19-20H,2-5,9-10H2,1H3,(H,21,22,23). The summed E-state index contributed by atoms with van der Waals surface area (Å²) in [5.41, 5.74) is 5.56. The molecule has 0 aromatic carbocycles. The highest BCUT2D eigenvalue weighted by Crippen LogP contribution is 2.38. The molecule has 9 nitrogen and oxygen atoms in total. The maximum atomic E-state index is 12.6. The summed E-state index contributed by atoms with van der Waals surface area (Å²) in [5, 5.41) is 19.4. The van der Waals surface area contributed by atoms with Crippen molar-refractivity contribution in [3.05, 3.63) is 24.2 Å². The largest absolute Gasteiger partial charge is 0.351 e. The van der Waals surface area contributed by atoms with Crippen LogP contribution in [0.4, 0.5) is 0 Å². The van der Waals surface area contributed by atoms with E-state index in [0.717, 1.165) is 55.7 Å². The van der Waals surface area contributed by atoms with E-state index >= 15 is 0 Å². The second-order valence-corrected chi connectivity index (χ2v) is 7.72. The molecule has 0 spiro atoms. The van der Waals surface area contributed by atoms with Gasteiger partial charge in [-0.25, -0.2) is 0 Å². The molecule has 2 unspecified atom stereocenters. The van der Waals surface area contributed by atoms with Gasteiger partial charge in [-0.15, -0.1) is 0 Å². The fraction of sp³-hybridized carbons (Fsp3) is 0.556. The minimum Gasteiger partial charge on any atom is -0.351 e. The van der Waals surface area contributed by atoms with Crippen LogP contribution in [-0.2, 0) is 4.79 Å². The van der Waals surface area contributed by atoms with Gasteiger partial charge in [-0.3, -0.25) is 14.9 Å². The Hall–Kier alpha value is -2.84. The first-order valence-corrected chi connectivity index (χ1v) is 9.58. The third-order valence-electron chi connectivity index (χ3n) is 5.99. The van der Waals surface area contributed by atoms with Crippen molar-refractivity contribution in [1.29, 1.82) is 5.41 Å². The summed E-state index contributed by atoms with van der Waals surface area (Å²) in [7, 11) is 1.83. The molecular formula is C18H24N8O. The summed E-state index contributed by atoms with van der Waals surface area (Å²) in [6.07, 6.45) is 7.78. The van der Waals surface area contributed by atoms with Gasteiger partial charge >= 0.3 is 0 Å². The van der Waals surface area contributed by atoms with E-state index in [-0.39, 0.29) is 18.0 Å². The number of carbonyl (C=O) groups is 1. The van der Waals surface area contributed by atoms with Crippen LogP contribution < -0.4 is 5.43 Å². The number of carbonyl (C=O) groups excluding carboxylic acids is 1. The maximum absolute atomic E-state index is 12.6. The number of piperazine rings is 1. The molecule has 1 aliphatic carbocycles. The molecule has 5 rings (SSSR count). The minimum atomic E-state index is 0.241. The molecule has 27 heavy (non-hydrogen) atoms. The molecule has 1 amide bonds. The molecule has 2 aliphatic heterocycles. The molecule has 9 heteroatoms. The average Bonchev–Trinajstić information content (AvgIpc) is 3.11. The number of amides is 1. The maximum Gasteiger partial charge on any atom is 0.226 e. The molecule has 3 aliphatic rings. The smallest absolute Gasteiger partial charge is 0.226 e. The first kappa shape index (κ1) is 16.3. The van der Waals surface area contributed by atoms with Crippen molar-refractivity contribution in [1.82, 2.24) is 29.9 Å². The van der Waals surface area contributed by atoms with E-state index in [9.17, 15) is 4.79 Å². The Morgan fingerprint density at radius 1 is 1.26 bits per heavy atom. The van der Waals surface area contributed by atoms with Gasteiger partial charge in [0.15, 0.2) is 0 Å². The molecule has 2 aromatic heterocycles. The number of hydrogen-bond acceptors (Lipinski definition) is 5. The lowest BCUT2D eigenvalue weighted by atomic mass is 10.1. The normalized spacial score (nSPS) is 24.3. The summed E-state index contributed by atoms with van der Waals surface area (Å²) in [5.74, 6) is 1.10. The summed E-state index contributed by atoms with van der Waals surface area (Å²) in [4.78, 5) is 16.9. The molecule has 3 N–H and O–H groups in total. The van der Waals surface area contributed by atoms with Crippen LogP contribution in [0.3, 0.4) is 0 Å². The highest BCUT2D eigenvalue weighted by Gasteiger charge is 2.47. The van der Waals surface area contributed by atoms with Crippen LogP contribution in [0.2, 0.25) is 0 Å². The van der Waals surface area contributed by atoms with Crippen molar-refractivity contribution in [3.63, 3.8) is 0 Å². The Kier molecular flexibility index (Phi) is 3.70. The van der Waals surface area contributed by atoms with Gasteiger partial charge in [0.25, 0.3) is 0 Å². The van der Waals surface area contributed by atoms with Crippen LogP contribution in [0.25, 0.3) is 11.3 Å². The van der Waals surface area contributed by atoms with Crippen LogP contribution in [0.15, 0.2) is 18.5 Å². The third-order valence-corrected chi connectivity index (χ3v) is 5.99. The highest BCUT2D eigenvalue weighted by atomic mass is 16.2. The van der Waals surface area contributed by atoms with E-state index in [1.807, 2.05) is 24.0 Å². The lowest BCUT2D eigenvalue weighted by Crippen LogP contribution is -2.57. The quantitative estimate of drug-likeness (QED) is 0.548. The fourth-order valence-corrected chi connectivity index (χ4v) is 4.46. The summed E-state index contributed by atoms with van der Waals surface area (Å²) in [6, 6.07) is 2.44. The molecule has 2 aromatic rings. The van der Waals surface area contributed by atoms with Gasteiger partial charge in [0.1, 0.15) is 17.2 Å².